The Morgan fingerprint density at radius 3 is 2.10 bits per heavy atom. The summed E-state index contributed by atoms with van der Waals surface area (Å²) in [5, 5.41) is 20.8. The molecule has 0 aromatic heterocycles. The molecule has 2 aromatic carbocycles. The highest BCUT2D eigenvalue weighted by molar-refractivity contribution is 5.88. The number of nitrogens with zero attached hydrogens (tertiary/aromatic N) is 2. The van der Waals surface area contributed by atoms with Crippen molar-refractivity contribution in [1.82, 2.24) is 0 Å². The van der Waals surface area contributed by atoms with Crippen LogP contribution in [0, 0.1) is 22.7 Å². The molecule has 0 aliphatic rings. The fourth-order valence-electron chi connectivity index (χ4n) is 1.75. The molecular formula is C16H11N3O2. The smallest absolute Gasteiger partial charge is 0.221 e. The van der Waals surface area contributed by atoms with Crippen LogP contribution in [-0.4, -0.2) is 5.91 Å². The van der Waals surface area contributed by atoms with Crippen LogP contribution < -0.4 is 10.1 Å². The van der Waals surface area contributed by atoms with Gasteiger partial charge in [-0.05, 0) is 36.4 Å². The lowest BCUT2D eigenvalue weighted by molar-refractivity contribution is -0.114. The number of hydrogen-bond donors (Lipinski definition) is 1. The first kappa shape index (κ1) is 14.1. The van der Waals surface area contributed by atoms with Crippen LogP contribution >= 0.6 is 0 Å². The summed E-state index contributed by atoms with van der Waals surface area (Å²) in [5.74, 6) is 0.545. The molecule has 0 radical (unpaired) electrons. The van der Waals surface area contributed by atoms with Crippen molar-refractivity contribution in [1.29, 1.82) is 10.5 Å². The summed E-state index contributed by atoms with van der Waals surface area (Å²) in [6.07, 6.45) is 0. The summed E-state index contributed by atoms with van der Waals surface area (Å²) in [6.45, 7) is 1.42. The van der Waals surface area contributed by atoms with Gasteiger partial charge in [-0.25, -0.2) is 0 Å². The predicted molar refractivity (Wildman–Crippen MR) is 76.7 cm³/mol. The average molecular weight is 277 g/mol. The number of hydrogen-bond acceptors (Lipinski definition) is 4. The van der Waals surface area contributed by atoms with Crippen molar-refractivity contribution in [2.24, 2.45) is 0 Å². The zero-order chi connectivity index (χ0) is 15.2. The quantitative estimate of drug-likeness (QED) is 0.933. The van der Waals surface area contributed by atoms with Crippen LogP contribution in [-0.2, 0) is 4.79 Å². The van der Waals surface area contributed by atoms with E-state index < -0.39 is 0 Å². The Morgan fingerprint density at radius 1 is 1.05 bits per heavy atom. The standard InChI is InChI=1S/C16H11N3O2/c1-11(20)19-14-5-7-15(8-6-14)21-16-12(9-17)3-2-4-13(16)10-18/h2-8H,1H3,(H,19,20). The van der Waals surface area contributed by atoms with E-state index in [0.29, 0.717) is 22.6 Å². The Hall–Kier alpha value is -3.31. The molecular weight excluding hydrogens is 266 g/mol. The summed E-state index contributed by atoms with van der Waals surface area (Å²) in [4.78, 5) is 10.9. The van der Waals surface area contributed by atoms with E-state index >= 15 is 0 Å². The molecule has 102 valence electrons. The Morgan fingerprint density at radius 2 is 1.62 bits per heavy atom. The molecule has 2 rings (SSSR count). The van der Waals surface area contributed by atoms with Gasteiger partial charge >= 0.3 is 0 Å². The summed E-state index contributed by atoms with van der Waals surface area (Å²) in [6, 6.07) is 15.5. The number of anilines is 1. The first-order valence-electron chi connectivity index (χ1n) is 6.12. The topological polar surface area (TPSA) is 85.9 Å². The van der Waals surface area contributed by atoms with E-state index in [2.05, 4.69) is 5.32 Å². The van der Waals surface area contributed by atoms with Crippen molar-refractivity contribution in [3.8, 4) is 23.6 Å². The second kappa shape index (κ2) is 6.23. The van der Waals surface area contributed by atoms with Crippen molar-refractivity contribution >= 4 is 11.6 Å². The molecule has 0 aliphatic heterocycles. The fourth-order valence-corrected chi connectivity index (χ4v) is 1.75. The average Bonchev–Trinajstić information content (AvgIpc) is 2.49. The Bertz CT molecular complexity index is 720. The van der Waals surface area contributed by atoms with E-state index in [4.69, 9.17) is 15.3 Å². The van der Waals surface area contributed by atoms with E-state index in [9.17, 15) is 4.79 Å². The van der Waals surface area contributed by atoms with Gasteiger partial charge in [0.05, 0.1) is 11.1 Å². The molecule has 0 unspecified atom stereocenters. The third kappa shape index (κ3) is 3.37. The molecule has 0 spiro atoms. The van der Waals surface area contributed by atoms with Gasteiger partial charge in [0, 0.05) is 12.6 Å². The van der Waals surface area contributed by atoms with Crippen molar-refractivity contribution in [3.63, 3.8) is 0 Å². The zero-order valence-electron chi connectivity index (χ0n) is 11.3. The van der Waals surface area contributed by atoms with Crippen LogP contribution in [0.5, 0.6) is 11.5 Å². The number of carbonyl (C=O) groups is 1. The van der Waals surface area contributed by atoms with Gasteiger partial charge in [0.15, 0.2) is 5.75 Å². The maximum Gasteiger partial charge on any atom is 0.221 e. The lowest BCUT2D eigenvalue weighted by atomic mass is 10.1. The zero-order valence-corrected chi connectivity index (χ0v) is 11.3. The van der Waals surface area contributed by atoms with E-state index in [0.717, 1.165) is 0 Å². The first-order valence-corrected chi connectivity index (χ1v) is 6.12. The molecule has 5 nitrogen and oxygen atoms in total. The molecule has 1 amide bonds. The second-order valence-electron chi connectivity index (χ2n) is 4.21. The summed E-state index contributed by atoms with van der Waals surface area (Å²) < 4.78 is 5.62. The Labute approximate surface area is 122 Å². The fraction of sp³-hybridized carbons (Fsp3) is 0.0625. The minimum atomic E-state index is -0.162. The van der Waals surface area contributed by atoms with Gasteiger partial charge in [-0.2, -0.15) is 10.5 Å². The SMILES string of the molecule is CC(=O)Nc1ccc(Oc2c(C#N)cccc2C#N)cc1. The van der Waals surface area contributed by atoms with E-state index in [1.165, 1.54) is 6.92 Å². The van der Waals surface area contributed by atoms with Crippen LogP contribution in [0.3, 0.4) is 0 Å². The maximum atomic E-state index is 10.9. The molecule has 0 saturated carbocycles. The number of carbonyl (C=O) groups excluding carboxylic acids is 1. The lowest BCUT2D eigenvalue weighted by Gasteiger charge is -2.09. The van der Waals surface area contributed by atoms with Crippen molar-refractivity contribution in [2.45, 2.75) is 6.92 Å². The highest BCUT2D eigenvalue weighted by Gasteiger charge is 2.10. The maximum absolute atomic E-state index is 10.9. The number of ether oxygens (including phenoxy) is 1. The molecule has 5 heteroatoms. The van der Waals surface area contributed by atoms with Gasteiger partial charge in [0.25, 0.3) is 0 Å². The van der Waals surface area contributed by atoms with Gasteiger partial charge < -0.3 is 10.1 Å². The molecule has 0 fully saturated rings. The molecule has 21 heavy (non-hydrogen) atoms. The lowest BCUT2D eigenvalue weighted by Crippen LogP contribution is -2.05. The van der Waals surface area contributed by atoms with Crippen LogP contribution in [0.25, 0.3) is 0 Å². The molecule has 0 bridgehead atoms. The third-order valence-electron chi connectivity index (χ3n) is 2.65. The Kier molecular flexibility index (Phi) is 4.18. The van der Waals surface area contributed by atoms with Gasteiger partial charge in [-0.3, -0.25) is 4.79 Å². The van der Waals surface area contributed by atoms with Gasteiger partial charge in [-0.1, -0.05) is 6.07 Å². The van der Waals surface area contributed by atoms with Crippen molar-refractivity contribution < 1.29 is 9.53 Å². The van der Waals surface area contributed by atoms with Crippen molar-refractivity contribution in [3.05, 3.63) is 53.6 Å². The molecule has 0 saturated heterocycles. The van der Waals surface area contributed by atoms with Crippen LogP contribution in [0.2, 0.25) is 0 Å². The molecule has 1 N–H and O–H groups in total. The summed E-state index contributed by atoms with van der Waals surface area (Å²) in [7, 11) is 0. The van der Waals surface area contributed by atoms with E-state index in [-0.39, 0.29) is 11.7 Å². The van der Waals surface area contributed by atoms with Crippen LogP contribution in [0.1, 0.15) is 18.1 Å². The van der Waals surface area contributed by atoms with Crippen LogP contribution in [0.4, 0.5) is 5.69 Å². The number of nitrogens with one attached hydrogen (secondary N) is 1. The van der Waals surface area contributed by atoms with Crippen LogP contribution in [0.15, 0.2) is 42.5 Å². The largest absolute Gasteiger partial charge is 0.455 e. The number of nitriles is 2. The minimum absolute atomic E-state index is 0.162. The third-order valence-corrected chi connectivity index (χ3v) is 2.65. The highest BCUT2D eigenvalue weighted by atomic mass is 16.5. The monoisotopic (exact) mass is 277 g/mol. The van der Waals surface area contributed by atoms with E-state index in [1.54, 1.807) is 42.5 Å². The number of benzene rings is 2. The first-order chi connectivity index (χ1) is 10.1. The molecule has 2 aromatic rings. The number of rotatable bonds is 3. The Balaban J connectivity index is 2.29. The number of amides is 1. The second-order valence-corrected chi connectivity index (χ2v) is 4.21. The number of para-hydroxylation sites is 1. The minimum Gasteiger partial charge on any atom is -0.455 e. The normalized spacial score (nSPS) is 9.29. The molecule has 0 atom stereocenters. The predicted octanol–water partition coefficient (Wildman–Crippen LogP) is 3.18. The molecule has 0 heterocycles. The van der Waals surface area contributed by atoms with Crippen molar-refractivity contribution in [2.75, 3.05) is 5.32 Å². The summed E-state index contributed by atoms with van der Waals surface area (Å²) >= 11 is 0. The molecule has 0 aliphatic carbocycles. The summed E-state index contributed by atoms with van der Waals surface area (Å²) in [5.41, 5.74) is 1.23. The highest BCUT2D eigenvalue weighted by Crippen LogP contribution is 2.29. The van der Waals surface area contributed by atoms with Gasteiger partial charge in [0.1, 0.15) is 17.9 Å². The van der Waals surface area contributed by atoms with Gasteiger partial charge in [0.2, 0.25) is 5.91 Å². The van der Waals surface area contributed by atoms with E-state index in [1.807, 2.05) is 12.1 Å². The van der Waals surface area contributed by atoms with Gasteiger partial charge in [-0.15, -0.1) is 0 Å².